The van der Waals surface area contributed by atoms with E-state index in [-0.39, 0.29) is 11.9 Å². The topological polar surface area (TPSA) is 62.1 Å². The first kappa shape index (κ1) is 12.2. The quantitative estimate of drug-likeness (QED) is 0.816. The van der Waals surface area contributed by atoms with Crippen LogP contribution in [0, 0.1) is 12.8 Å². The molecule has 1 amide bonds. The van der Waals surface area contributed by atoms with Gasteiger partial charge in [-0.25, -0.2) is 0 Å². The Balaban J connectivity index is 2.21. The predicted molar refractivity (Wildman–Crippen MR) is 67.8 cm³/mol. The Bertz CT molecular complexity index is 399. The van der Waals surface area contributed by atoms with Gasteiger partial charge >= 0.3 is 0 Å². The van der Waals surface area contributed by atoms with E-state index in [0.717, 1.165) is 30.6 Å². The van der Waals surface area contributed by atoms with Crippen molar-refractivity contribution in [1.82, 2.24) is 9.88 Å². The van der Waals surface area contributed by atoms with Gasteiger partial charge in [0.05, 0.1) is 5.56 Å². The van der Waals surface area contributed by atoms with Gasteiger partial charge in [0.15, 0.2) is 0 Å². The van der Waals surface area contributed by atoms with E-state index >= 15 is 0 Å². The summed E-state index contributed by atoms with van der Waals surface area (Å²) in [4.78, 5) is 17.4. The minimum Gasteiger partial charge on any atom is -0.365 e. The molecule has 0 radical (unpaired) electrons. The smallest absolute Gasteiger partial charge is 0.255 e. The van der Waals surface area contributed by atoms with Gasteiger partial charge in [0, 0.05) is 31.0 Å². The second-order valence-electron chi connectivity index (χ2n) is 4.94. The maximum absolute atomic E-state index is 12.4. The number of rotatable bonds is 2. The van der Waals surface area contributed by atoms with Gasteiger partial charge < -0.3 is 15.6 Å². The number of aromatic nitrogens is 1. The number of carbonyl (C=O) groups is 1. The minimum atomic E-state index is 0.116. The molecule has 2 unspecified atom stereocenters. The lowest BCUT2D eigenvalue weighted by atomic mass is 9.90. The highest BCUT2D eigenvalue weighted by molar-refractivity contribution is 5.95. The Morgan fingerprint density at radius 1 is 1.65 bits per heavy atom. The first-order chi connectivity index (χ1) is 8.15. The van der Waals surface area contributed by atoms with Gasteiger partial charge in [-0.2, -0.15) is 0 Å². The molecule has 1 aliphatic heterocycles. The van der Waals surface area contributed by atoms with Crippen LogP contribution in [-0.4, -0.2) is 34.9 Å². The minimum absolute atomic E-state index is 0.116. The summed E-state index contributed by atoms with van der Waals surface area (Å²) in [6, 6.07) is 2.04. The molecule has 0 spiro atoms. The molecule has 0 saturated carbocycles. The highest BCUT2D eigenvalue weighted by atomic mass is 16.2. The molecule has 2 atom stereocenters. The van der Waals surface area contributed by atoms with E-state index < -0.39 is 0 Å². The fourth-order valence-corrected chi connectivity index (χ4v) is 2.70. The first-order valence-corrected chi connectivity index (χ1v) is 6.30. The average molecular weight is 235 g/mol. The van der Waals surface area contributed by atoms with Gasteiger partial charge in [-0.3, -0.25) is 4.79 Å². The van der Waals surface area contributed by atoms with E-state index in [0.29, 0.717) is 12.5 Å². The fraction of sp³-hybridized carbons (Fsp3) is 0.615. The molecule has 1 aromatic heterocycles. The zero-order chi connectivity index (χ0) is 12.4. The van der Waals surface area contributed by atoms with E-state index in [2.05, 4.69) is 11.9 Å². The van der Waals surface area contributed by atoms with Crippen LogP contribution >= 0.6 is 0 Å². The monoisotopic (exact) mass is 235 g/mol. The van der Waals surface area contributed by atoms with Crippen LogP contribution in [0.5, 0.6) is 0 Å². The zero-order valence-electron chi connectivity index (χ0n) is 10.6. The summed E-state index contributed by atoms with van der Waals surface area (Å²) < 4.78 is 0. The van der Waals surface area contributed by atoms with Crippen molar-refractivity contribution < 1.29 is 4.79 Å². The van der Waals surface area contributed by atoms with Crippen molar-refractivity contribution in [2.24, 2.45) is 11.7 Å². The summed E-state index contributed by atoms with van der Waals surface area (Å²) in [6.07, 6.45) is 4.05. The molecular formula is C13H21N3O. The molecular weight excluding hydrogens is 214 g/mol. The molecule has 0 bridgehead atoms. The molecule has 2 rings (SSSR count). The van der Waals surface area contributed by atoms with Crippen LogP contribution in [0.25, 0.3) is 0 Å². The number of nitrogens with one attached hydrogen (secondary N) is 1. The number of amides is 1. The highest BCUT2D eigenvalue weighted by Crippen LogP contribution is 2.24. The Morgan fingerprint density at radius 3 is 3.00 bits per heavy atom. The van der Waals surface area contributed by atoms with Crippen molar-refractivity contribution in [3.63, 3.8) is 0 Å². The third-order valence-electron chi connectivity index (χ3n) is 3.80. The van der Waals surface area contributed by atoms with Crippen LogP contribution in [0.3, 0.4) is 0 Å². The number of nitrogens with two attached hydrogens (primary N) is 1. The Labute approximate surface area is 102 Å². The maximum Gasteiger partial charge on any atom is 0.255 e. The normalized spacial score (nSPS) is 25.0. The van der Waals surface area contributed by atoms with E-state index in [1.54, 1.807) is 0 Å². The van der Waals surface area contributed by atoms with Crippen molar-refractivity contribution in [3.8, 4) is 0 Å². The number of aryl methyl sites for hydroxylation is 1. The number of nitrogens with zero attached hydrogens (tertiary/aromatic N) is 1. The molecule has 1 saturated heterocycles. The van der Waals surface area contributed by atoms with E-state index in [4.69, 9.17) is 5.73 Å². The lowest BCUT2D eigenvalue weighted by molar-refractivity contribution is 0.0532. The number of piperidine rings is 1. The van der Waals surface area contributed by atoms with Crippen molar-refractivity contribution >= 4 is 5.91 Å². The van der Waals surface area contributed by atoms with Gasteiger partial charge in [0.25, 0.3) is 5.91 Å². The van der Waals surface area contributed by atoms with Crippen LogP contribution < -0.4 is 5.73 Å². The van der Waals surface area contributed by atoms with Crippen molar-refractivity contribution in [1.29, 1.82) is 0 Å². The predicted octanol–water partition coefficient (Wildman–Crippen LogP) is 1.52. The number of H-pyrrole nitrogens is 1. The maximum atomic E-state index is 12.4. The van der Waals surface area contributed by atoms with Crippen LogP contribution in [0.2, 0.25) is 0 Å². The molecule has 2 heterocycles. The molecule has 0 aliphatic carbocycles. The second-order valence-corrected chi connectivity index (χ2v) is 4.94. The summed E-state index contributed by atoms with van der Waals surface area (Å²) in [5.74, 6) is 0.614. The first-order valence-electron chi connectivity index (χ1n) is 6.30. The van der Waals surface area contributed by atoms with Gasteiger partial charge in [0.1, 0.15) is 0 Å². The molecule has 1 fully saturated rings. The molecule has 4 nitrogen and oxygen atoms in total. The molecule has 1 aromatic rings. The van der Waals surface area contributed by atoms with Crippen molar-refractivity contribution in [2.45, 2.75) is 32.7 Å². The average Bonchev–Trinajstić information content (AvgIpc) is 2.74. The SMILES string of the molecule is Cc1[nH]ccc1C(=O)N1CCCC(C)C1CN. The van der Waals surface area contributed by atoms with E-state index in [9.17, 15) is 4.79 Å². The lowest BCUT2D eigenvalue weighted by Gasteiger charge is -2.39. The van der Waals surface area contributed by atoms with Crippen LogP contribution in [-0.2, 0) is 0 Å². The number of aromatic amines is 1. The molecule has 17 heavy (non-hydrogen) atoms. The second kappa shape index (κ2) is 4.92. The summed E-state index contributed by atoms with van der Waals surface area (Å²) >= 11 is 0. The van der Waals surface area contributed by atoms with Crippen LogP contribution in [0.15, 0.2) is 12.3 Å². The van der Waals surface area contributed by atoms with Crippen LogP contribution in [0.1, 0.15) is 35.8 Å². The fourth-order valence-electron chi connectivity index (χ4n) is 2.70. The Morgan fingerprint density at radius 2 is 2.41 bits per heavy atom. The summed E-state index contributed by atoms with van der Waals surface area (Å²) in [6.45, 7) is 5.49. The molecule has 0 aromatic carbocycles. The number of hydrogen-bond donors (Lipinski definition) is 2. The summed E-state index contributed by atoms with van der Waals surface area (Å²) in [5, 5.41) is 0. The van der Waals surface area contributed by atoms with Gasteiger partial charge in [-0.15, -0.1) is 0 Å². The van der Waals surface area contributed by atoms with E-state index in [1.165, 1.54) is 0 Å². The Kier molecular flexibility index (Phi) is 3.52. The summed E-state index contributed by atoms with van der Waals surface area (Å²) in [7, 11) is 0. The lowest BCUT2D eigenvalue weighted by Crippen LogP contribution is -2.51. The third-order valence-corrected chi connectivity index (χ3v) is 3.80. The third kappa shape index (κ3) is 2.22. The Hall–Kier alpha value is -1.29. The number of carbonyl (C=O) groups excluding carboxylic acids is 1. The molecule has 94 valence electrons. The standard InChI is InChI=1S/C13H21N3O/c1-9-4-3-7-16(12(9)8-14)13(17)11-5-6-15-10(11)2/h5-6,9,12,15H,3-4,7-8,14H2,1-2H3. The highest BCUT2D eigenvalue weighted by Gasteiger charge is 2.31. The molecule has 3 N–H and O–H groups in total. The van der Waals surface area contributed by atoms with Crippen LogP contribution in [0.4, 0.5) is 0 Å². The zero-order valence-corrected chi connectivity index (χ0v) is 10.6. The molecule has 4 heteroatoms. The van der Waals surface area contributed by atoms with Crippen molar-refractivity contribution in [2.75, 3.05) is 13.1 Å². The van der Waals surface area contributed by atoms with Gasteiger partial charge in [0.2, 0.25) is 0 Å². The van der Waals surface area contributed by atoms with Crippen molar-refractivity contribution in [3.05, 3.63) is 23.5 Å². The van der Waals surface area contributed by atoms with Gasteiger partial charge in [-0.05, 0) is 31.7 Å². The van der Waals surface area contributed by atoms with E-state index in [1.807, 2.05) is 24.1 Å². The number of likely N-dealkylation sites (tertiary alicyclic amines) is 1. The number of hydrogen-bond acceptors (Lipinski definition) is 2. The summed E-state index contributed by atoms with van der Waals surface area (Å²) in [5.41, 5.74) is 7.52. The van der Waals surface area contributed by atoms with Gasteiger partial charge in [-0.1, -0.05) is 6.92 Å². The largest absolute Gasteiger partial charge is 0.365 e. The molecule has 1 aliphatic rings.